The fourth-order valence-corrected chi connectivity index (χ4v) is 13.6. The van der Waals surface area contributed by atoms with Crippen LogP contribution >= 0.6 is 0 Å². The number of benzene rings is 4. The van der Waals surface area contributed by atoms with Crippen molar-refractivity contribution in [3.63, 3.8) is 0 Å². The normalized spacial score (nSPS) is 12.1. The monoisotopic (exact) mass is 620 g/mol. The zero-order valence-electron chi connectivity index (χ0n) is 22.0. The van der Waals surface area contributed by atoms with E-state index < -0.39 is 22.1 Å². The van der Waals surface area contributed by atoms with Crippen LogP contribution in [0.3, 0.4) is 0 Å². The average molecular weight is 623 g/mol. The van der Waals surface area contributed by atoms with Gasteiger partial charge < -0.3 is 24.8 Å². The molecule has 0 aliphatic heterocycles. The Labute approximate surface area is 247 Å². The van der Waals surface area contributed by atoms with Gasteiger partial charge in [0.25, 0.3) is 0 Å². The van der Waals surface area contributed by atoms with Crippen molar-refractivity contribution in [1.82, 2.24) is 0 Å². The average Bonchev–Trinajstić information content (AvgIpc) is 3.21. The molecule has 0 unspecified atom stereocenters. The van der Waals surface area contributed by atoms with Crippen molar-refractivity contribution < 1.29 is 47.0 Å². The van der Waals surface area contributed by atoms with Crippen LogP contribution in [0.1, 0.15) is 73.4 Å². The zero-order valence-corrected chi connectivity index (χ0v) is 27.1. The minimum absolute atomic E-state index is 0. The Bertz CT molecular complexity index is 1280. The Morgan fingerprint density at radius 2 is 1.14 bits per heavy atom. The molecule has 5 rings (SSSR count). The first kappa shape index (κ1) is 29.9. The molecule has 5 heteroatoms. The summed E-state index contributed by atoms with van der Waals surface area (Å²) in [5, 5.41) is 0. The molecule has 189 valence electrons. The van der Waals surface area contributed by atoms with Gasteiger partial charge >= 0.3 is 224 Å². The molecular weight excluding hydrogens is 589 g/mol. The minimum Gasteiger partial charge on any atom is -1.00 e. The fourth-order valence-electron chi connectivity index (χ4n) is 5.34. The molecule has 0 saturated carbocycles. The largest absolute Gasteiger partial charge is 1.00 e. The van der Waals surface area contributed by atoms with Gasteiger partial charge in [-0.3, -0.25) is 0 Å². The standard InChI is InChI=1S/C25H26N.C7H8Si.2ClH.Zr/c1-16(2)18-14-9-15-19(17(3)4)24(18)26-25-22-12-7-5-10-20(22)21-11-6-8-13-23(21)25;8-6-7-4-2-1-3-5-7;;;/h5-17,25H,1-4H3;1-5,8H,6H2;2*1H;/q-1;;;;+3/p-2. The van der Waals surface area contributed by atoms with Crippen molar-refractivity contribution in [2.24, 2.45) is 0 Å². The second-order valence-electron chi connectivity index (χ2n) is 10.1. The van der Waals surface area contributed by atoms with E-state index in [9.17, 15) is 0 Å². The van der Waals surface area contributed by atoms with Crippen molar-refractivity contribution in [2.75, 3.05) is 2.84 Å². The maximum absolute atomic E-state index is 2.96. The Morgan fingerprint density at radius 3 is 1.65 bits per heavy atom. The van der Waals surface area contributed by atoms with Crippen LogP contribution in [0.2, 0.25) is 0 Å². The number of hydrogen-bond acceptors (Lipinski definition) is 1. The number of anilines is 1. The van der Waals surface area contributed by atoms with Crippen LogP contribution in [0.4, 0.5) is 5.69 Å². The van der Waals surface area contributed by atoms with Crippen molar-refractivity contribution in [2.45, 2.75) is 51.6 Å². The van der Waals surface area contributed by atoms with Gasteiger partial charge in [0, 0.05) is 0 Å². The van der Waals surface area contributed by atoms with Crippen LogP contribution in [0.25, 0.3) is 11.1 Å². The Balaban J connectivity index is 0.00000190. The topological polar surface area (TPSA) is 3.24 Å². The van der Waals surface area contributed by atoms with Gasteiger partial charge in [0.1, 0.15) is 0 Å². The van der Waals surface area contributed by atoms with E-state index in [2.05, 4.69) is 128 Å². The SMILES string of the molecule is CC(C)c1cccc(C(C)C)c1[N](/[Zr+2]=[SiH]/Cc1ccccc1)C1c2ccccc2-c2ccccc21.[Cl-].[Cl-]. The van der Waals surface area contributed by atoms with Gasteiger partial charge in [-0.25, -0.2) is 0 Å². The second kappa shape index (κ2) is 13.4. The third-order valence-electron chi connectivity index (χ3n) is 7.05. The van der Waals surface area contributed by atoms with Crippen LogP contribution in [0, 0.1) is 0 Å². The summed E-state index contributed by atoms with van der Waals surface area (Å²) in [6.45, 7) is 9.44. The van der Waals surface area contributed by atoms with E-state index in [0.717, 1.165) is 0 Å². The van der Waals surface area contributed by atoms with Gasteiger partial charge in [-0.05, 0) is 0 Å². The van der Waals surface area contributed by atoms with Gasteiger partial charge in [0.2, 0.25) is 0 Å². The van der Waals surface area contributed by atoms with Crippen LogP contribution in [0.15, 0.2) is 97.1 Å². The molecule has 1 aliphatic carbocycles. The summed E-state index contributed by atoms with van der Waals surface area (Å²) in [7, 11) is 0. The maximum Gasteiger partial charge on any atom is -1.00 e. The number of nitrogens with zero attached hydrogens (tertiary/aromatic N) is 1. The number of para-hydroxylation sites is 1. The van der Waals surface area contributed by atoms with Crippen LogP contribution < -0.4 is 27.7 Å². The van der Waals surface area contributed by atoms with E-state index in [0.29, 0.717) is 24.0 Å². The van der Waals surface area contributed by atoms with E-state index >= 15 is 0 Å². The summed E-state index contributed by atoms with van der Waals surface area (Å²) < 4.78 is 2.96. The molecule has 0 atom stereocenters. The molecule has 0 N–H and O–H groups in total. The molecule has 0 radical (unpaired) electrons. The molecule has 37 heavy (non-hydrogen) atoms. The van der Waals surface area contributed by atoms with E-state index in [1.807, 2.05) is 0 Å². The van der Waals surface area contributed by atoms with E-state index in [1.165, 1.54) is 45.0 Å². The van der Waals surface area contributed by atoms with Gasteiger partial charge in [-0.2, -0.15) is 0 Å². The van der Waals surface area contributed by atoms with Crippen LogP contribution in [-0.2, 0) is 28.2 Å². The van der Waals surface area contributed by atoms with Crippen molar-refractivity contribution in [3.05, 3.63) is 125 Å². The summed E-state index contributed by atoms with van der Waals surface area (Å²) >= 11 is -0.878. The zero-order chi connectivity index (χ0) is 24.4. The van der Waals surface area contributed by atoms with Gasteiger partial charge in [-0.1, -0.05) is 0 Å². The van der Waals surface area contributed by atoms with Gasteiger partial charge in [0.15, 0.2) is 0 Å². The molecule has 4 aromatic carbocycles. The minimum atomic E-state index is -0.878. The second-order valence-corrected chi connectivity index (χ2v) is 17.2. The summed E-state index contributed by atoms with van der Waals surface area (Å²) in [4.78, 5) is 0. The molecule has 4 aromatic rings. The molecule has 0 amide bonds. The van der Waals surface area contributed by atoms with E-state index in [1.54, 1.807) is 5.69 Å². The van der Waals surface area contributed by atoms with Gasteiger partial charge in [0.05, 0.1) is 0 Å². The van der Waals surface area contributed by atoms with E-state index in [4.69, 9.17) is 0 Å². The molecule has 0 fully saturated rings. The molecule has 0 saturated heterocycles. The quantitative estimate of drug-likeness (QED) is 0.286. The van der Waals surface area contributed by atoms with Gasteiger partial charge in [-0.15, -0.1) is 0 Å². The Morgan fingerprint density at radius 1 is 0.649 bits per heavy atom. The predicted octanol–water partition coefficient (Wildman–Crippen LogP) is 2.07. The third kappa shape index (κ3) is 6.17. The molecule has 0 heterocycles. The first-order valence-electron chi connectivity index (χ1n) is 12.8. The molecule has 1 aliphatic rings. The third-order valence-corrected chi connectivity index (χ3v) is 14.3. The Hall–Kier alpha value is -1.64. The Kier molecular flexibility index (Phi) is 10.9. The summed E-state index contributed by atoms with van der Waals surface area (Å²) in [6.07, 6.45) is 0.397. The summed E-state index contributed by atoms with van der Waals surface area (Å²) in [5.41, 5.74) is 11.9. The number of hydrogen-bond donors (Lipinski definition) is 0. The maximum atomic E-state index is 2.96. The molecule has 0 spiro atoms. The first-order chi connectivity index (χ1) is 17.1. The van der Waals surface area contributed by atoms with Crippen molar-refractivity contribution in [1.29, 1.82) is 0 Å². The summed E-state index contributed by atoms with van der Waals surface area (Å²) in [6, 6.07) is 38.0. The molecular formula is C32H34Cl2NSiZr. The van der Waals surface area contributed by atoms with E-state index in [-0.39, 0.29) is 24.8 Å². The smallest absolute Gasteiger partial charge is 1.00 e. The predicted molar refractivity (Wildman–Crippen MR) is 148 cm³/mol. The first-order valence-corrected chi connectivity index (χ1v) is 19.5. The van der Waals surface area contributed by atoms with Crippen LogP contribution in [-0.4, -0.2) is 6.16 Å². The van der Waals surface area contributed by atoms with Crippen molar-refractivity contribution in [3.8, 4) is 11.1 Å². The number of fused-ring (bicyclic) bond motifs is 3. The fraction of sp³-hybridized carbons (Fsp3) is 0.250. The molecule has 0 bridgehead atoms. The van der Waals surface area contributed by atoms with Crippen molar-refractivity contribution >= 4 is 11.8 Å². The van der Waals surface area contributed by atoms with Crippen LogP contribution in [0.5, 0.6) is 0 Å². The molecule has 1 nitrogen and oxygen atoms in total. The summed E-state index contributed by atoms with van der Waals surface area (Å²) in [5.74, 6) is 1.00. The number of rotatable bonds is 7. The number of halogens is 2. The molecule has 0 aromatic heterocycles.